The summed E-state index contributed by atoms with van der Waals surface area (Å²) in [5.74, 6) is -3.19. The van der Waals surface area contributed by atoms with Crippen molar-refractivity contribution in [2.45, 2.75) is 103 Å². The number of nitrogens with zero attached hydrogens (tertiary/aromatic N) is 3. The second-order valence-corrected chi connectivity index (χ2v) is 28.2. The number of methoxy groups -OCH3 is 1. The molecule has 1 saturated heterocycles. The summed E-state index contributed by atoms with van der Waals surface area (Å²) in [4.78, 5) is 40.7. The summed E-state index contributed by atoms with van der Waals surface area (Å²) in [6.45, 7) is 9.03. The largest absolute Gasteiger partial charge is 0.748 e. The van der Waals surface area contributed by atoms with Gasteiger partial charge in [0, 0.05) is 85.2 Å². The molecule has 27 nitrogen and oxygen atoms in total. The fraction of sp³-hybridized carbons (Fsp3) is 0.464. The van der Waals surface area contributed by atoms with E-state index in [2.05, 4.69) is 0 Å². The highest BCUT2D eigenvalue weighted by Crippen LogP contribution is 2.54. The Kier molecular flexibility index (Phi) is 22.2. The number of allylic oxidation sites excluding steroid dienone is 6. The molecule has 4 aromatic carbocycles. The number of amides is 2. The smallest absolute Gasteiger partial charge is 0.333 e. The molecule has 88 heavy (non-hydrogen) atoms. The van der Waals surface area contributed by atoms with Crippen molar-refractivity contribution in [2.24, 2.45) is 0 Å². The van der Waals surface area contributed by atoms with Gasteiger partial charge in [-0.05, 0) is 111 Å². The molecule has 2 unspecified atom stereocenters. The monoisotopic (exact) mass is 1320 g/mol. The second kappa shape index (κ2) is 28.1. The molecule has 2 atom stereocenters. The van der Waals surface area contributed by atoms with Crippen LogP contribution in [-0.2, 0) is 104 Å². The van der Waals surface area contributed by atoms with Crippen LogP contribution in [0.3, 0.4) is 0 Å². The van der Waals surface area contributed by atoms with Gasteiger partial charge in [-0.3, -0.25) is 9.59 Å². The summed E-state index contributed by atoms with van der Waals surface area (Å²) in [6.07, 6.45) is 5.54. The van der Waals surface area contributed by atoms with Gasteiger partial charge in [-0.2, -0.15) is 4.58 Å². The summed E-state index contributed by atoms with van der Waals surface area (Å²) in [5, 5.41) is -0.280. The number of ether oxygens (including phenoxy) is 5. The number of carbonyl (C=O) groups is 3. The number of carbonyl (C=O) groups excluding carboxylic acids is 3. The number of hydrogen-bond donors (Lipinski definition) is 0. The molecular weight excluding hydrogens is 1260 g/mol. The van der Waals surface area contributed by atoms with Gasteiger partial charge >= 0.3 is 5.97 Å². The highest BCUT2D eigenvalue weighted by molar-refractivity contribution is 7.87. The van der Waals surface area contributed by atoms with E-state index >= 15 is 0 Å². The van der Waals surface area contributed by atoms with E-state index in [4.69, 9.17) is 28.5 Å². The van der Waals surface area contributed by atoms with Crippen molar-refractivity contribution in [1.82, 2.24) is 5.06 Å². The van der Waals surface area contributed by atoms with E-state index < -0.39 is 105 Å². The van der Waals surface area contributed by atoms with Crippen molar-refractivity contribution < 1.29 is 112 Å². The topological polar surface area (TPSA) is 402 Å². The van der Waals surface area contributed by atoms with Gasteiger partial charge in [0.25, 0.3) is 11.8 Å². The maximum absolute atomic E-state index is 13.2. The lowest BCUT2D eigenvalue weighted by Crippen LogP contribution is -2.33. The van der Waals surface area contributed by atoms with Gasteiger partial charge in [0.05, 0.1) is 94.4 Å². The van der Waals surface area contributed by atoms with Crippen LogP contribution in [0.1, 0.15) is 83.8 Å². The average molecular weight is 1320 g/mol. The Morgan fingerprint density at radius 3 is 1.65 bits per heavy atom. The molecule has 0 N–H and O–H groups in total. The van der Waals surface area contributed by atoms with Crippen molar-refractivity contribution in [3.63, 3.8) is 0 Å². The minimum atomic E-state index is -5.46. The average Bonchev–Trinajstić information content (AvgIpc) is 1.52. The van der Waals surface area contributed by atoms with Crippen molar-refractivity contribution >= 4 is 107 Å². The summed E-state index contributed by atoms with van der Waals surface area (Å²) in [6, 6.07) is 8.41. The van der Waals surface area contributed by atoms with Crippen LogP contribution in [0.2, 0.25) is 0 Å². The quantitative estimate of drug-likeness (QED) is 0.0219. The molecule has 0 radical (unpaired) electrons. The Labute approximate surface area is 510 Å². The number of imide groups is 1. The highest BCUT2D eigenvalue weighted by atomic mass is 32.2. The molecule has 3 aliphatic rings. The number of hydrogen-bond acceptors (Lipinski definition) is 25. The van der Waals surface area contributed by atoms with E-state index in [1.807, 2.05) is 0 Å². The van der Waals surface area contributed by atoms with E-state index in [0.29, 0.717) is 72.0 Å². The molecular formula is C56H65N3O24S5-4. The van der Waals surface area contributed by atoms with Gasteiger partial charge in [0.2, 0.25) is 5.69 Å². The fourth-order valence-corrected chi connectivity index (χ4v) is 14.4. The molecule has 482 valence electrons. The summed E-state index contributed by atoms with van der Waals surface area (Å²) < 4.78 is 218. The van der Waals surface area contributed by atoms with Gasteiger partial charge in [-0.1, -0.05) is 23.8 Å². The normalized spacial score (nSPS) is 19.2. The molecule has 1 fully saturated rings. The SMILES string of the molecule is CCN1C(=CC=C(C)C=CC2=[N+](CCCC(=O)ON3C(=O)CCC3=O)c3ccc4c(S(=O)(=O)[O-])cc(S(=O)(=O)[O-])cc4c3C2(C)CCOCCOCCOCCOCCOC)C(C)(CCCS(=O)(=O)[O-])c2c1ccc1c(S(=O)(=O)[O-])cc(S(=O)(=O)[O-])cc21. The van der Waals surface area contributed by atoms with E-state index in [9.17, 15) is 79.2 Å². The number of hydroxylamine groups is 2. The van der Waals surface area contributed by atoms with E-state index in [-0.39, 0.29) is 124 Å². The van der Waals surface area contributed by atoms with Crippen LogP contribution in [0.25, 0.3) is 21.5 Å². The van der Waals surface area contributed by atoms with Gasteiger partial charge in [-0.15, -0.1) is 5.06 Å². The minimum absolute atomic E-state index is 0.0309. The van der Waals surface area contributed by atoms with Crippen LogP contribution in [0.5, 0.6) is 0 Å². The van der Waals surface area contributed by atoms with Crippen LogP contribution >= 0.6 is 0 Å². The van der Waals surface area contributed by atoms with Crippen LogP contribution < -0.4 is 4.90 Å². The number of fused-ring (bicyclic) bond motifs is 6. The predicted molar refractivity (Wildman–Crippen MR) is 308 cm³/mol. The molecule has 0 spiro atoms. The Balaban J connectivity index is 1.34. The van der Waals surface area contributed by atoms with Crippen LogP contribution in [0.15, 0.2) is 104 Å². The van der Waals surface area contributed by atoms with Crippen molar-refractivity contribution in [3.05, 3.63) is 95.2 Å². The summed E-state index contributed by atoms with van der Waals surface area (Å²) in [7, 11) is -25.0. The molecule has 0 aliphatic carbocycles. The Hall–Kier alpha value is -5.95. The third-order valence-corrected chi connectivity index (χ3v) is 19.4. The zero-order chi connectivity index (χ0) is 64.8. The lowest BCUT2D eigenvalue weighted by Gasteiger charge is -2.31. The molecule has 0 saturated carbocycles. The lowest BCUT2D eigenvalue weighted by atomic mass is 9.74. The van der Waals surface area contributed by atoms with Crippen molar-refractivity contribution in [2.75, 3.05) is 90.3 Å². The maximum atomic E-state index is 13.2. The van der Waals surface area contributed by atoms with E-state index in [0.717, 1.165) is 12.1 Å². The fourth-order valence-electron chi connectivity index (χ4n) is 11.2. The van der Waals surface area contributed by atoms with Crippen LogP contribution in [-0.4, -0.2) is 183 Å². The van der Waals surface area contributed by atoms with Crippen LogP contribution in [0, 0.1) is 0 Å². The number of benzene rings is 4. The maximum Gasteiger partial charge on any atom is 0.333 e. The third kappa shape index (κ3) is 16.1. The molecule has 3 aliphatic heterocycles. The lowest BCUT2D eigenvalue weighted by molar-refractivity contribution is -0.438. The summed E-state index contributed by atoms with van der Waals surface area (Å²) >= 11 is 0. The van der Waals surface area contributed by atoms with Crippen molar-refractivity contribution in [1.29, 1.82) is 0 Å². The Morgan fingerprint density at radius 1 is 0.636 bits per heavy atom. The van der Waals surface area contributed by atoms with Gasteiger partial charge < -0.3 is 56.2 Å². The molecule has 32 heteroatoms. The standard InChI is InChI=1S/C56H69N3O24S5/c1-6-57-44-14-12-40-42(33-38(85(66,67)68)35-46(40)87(72,73)74)53(44)55(3,20-8-32-84(63,64)65)48(57)16-10-37(2)11-17-49-56(4,21-23-79-26-27-81-30-31-82-29-28-80-25-24-78-5)54-43-34-39(86(69,70)71)36-47(88(75,76)77)41(43)13-15-45(54)58(49)22-7-9-52(62)83-59-50(60)18-19-51(59)61/h10-17,33-36H,6-9,18-32H2,1-5H3,(H4-,63,64,65,66,67,68,69,70,71,72,73,74,75,76,77)/p-4. The number of rotatable bonds is 32. The molecule has 2 amide bonds. The first-order chi connectivity index (χ1) is 41.2. The Bertz CT molecular complexity index is 4090. The molecule has 7 rings (SSSR count). The Morgan fingerprint density at radius 2 is 1.15 bits per heavy atom. The second-order valence-electron chi connectivity index (χ2n) is 21.2. The number of anilines is 1. The molecule has 3 heterocycles. The van der Waals surface area contributed by atoms with Crippen LogP contribution in [0.4, 0.5) is 11.4 Å². The molecule has 4 aromatic rings. The van der Waals surface area contributed by atoms with Gasteiger partial charge in [0.15, 0.2) is 5.71 Å². The van der Waals surface area contributed by atoms with E-state index in [1.165, 1.54) is 24.3 Å². The minimum Gasteiger partial charge on any atom is -0.748 e. The zero-order valence-corrected chi connectivity index (χ0v) is 52.6. The first kappa shape index (κ1) is 69.5. The van der Waals surface area contributed by atoms with E-state index in [1.54, 1.807) is 68.6 Å². The first-order valence-corrected chi connectivity index (χ1v) is 34.7. The highest BCUT2D eigenvalue weighted by Gasteiger charge is 2.49. The summed E-state index contributed by atoms with van der Waals surface area (Å²) in [5.41, 5.74) is -0.320. The van der Waals surface area contributed by atoms with Crippen molar-refractivity contribution in [3.8, 4) is 0 Å². The van der Waals surface area contributed by atoms with Gasteiger partial charge in [-0.25, -0.2) is 46.9 Å². The molecule has 0 aromatic heterocycles. The number of likely N-dealkylation sites (N-methyl/N-ethyl adjacent to an activating group) is 1. The first-order valence-electron chi connectivity index (χ1n) is 27.5. The zero-order valence-electron chi connectivity index (χ0n) is 48.5. The third-order valence-electron chi connectivity index (χ3n) is 15.3. The molecule has 0 bridgehead atoms. The van der Waals surface area contributed by atoms with Gasteiger partial charge in [0.1, 0.15) is 47.0 Å². The predicted octanol–water partition coefficient (Wildman–Crippen LogP) is 3.97.